The summed E-state index contributed by atoms with van der Waals surface area (Å²) in [6.45, 7) is 2.90. The molecule has 0 saturated heterocycles. The van der Waals surface area contributed by atoms with Crippen LogP contribution in [0, 0.1) is 6.92 Å². The molecule has 2 aromatic heterocycles. The van der Waals surface area contributed by atoms with Gasteiger partial charge < -0.3 is 10.3 Å². The van der Waals surface area contributed by atoms with Crippen molar-refractivity contribution in [1.82, 2.24) is 14.5 Å². The maximum Gasteiger partial charge on any atom is 0.201 e. The number of hydrogen-bond acceptors (Lipinski definition) is 4. The van der Waals surface area contributed by atoms with Gasteiger partial charge in [-0.1, -0.05) is 6.07 Å². The van der Waals surface area contributed by atoms with E-state index < -0.39 is 0 Å². The van der Waals surface area contributed by atoms with Crippen LogP contribution in [0.3, 0.4) is 0 Å². The Balaban J connectivity index is 1.95. The minimum absolute atomic E-state index is 0.576. The average Bonchev–Trinajstić information content (AvgIpc) is 2.94. The predicted molar refractivity (Wildman–Crippen MR) is 74.7 cm³/mol. The van der Waals surface area contributed by atoms with Crippen LogP contribution in [-0.4, -0.2) is 14.5 Å². The van der Waals surface area contributed by atoms with Gasteiger partial charge in [-0.05, 0) is 24.6 Å². The molecule has 0 radical (unpaired) electrons. The van der Waals surface area contributed by atoms with Gasteiger partial charge in [-0.25, -0.2) is 9.97 Å². The van der Waals surface area contributed by atoms with Crippen LogP contribution in [-0.2, 0) is 13.0 Å². The molecule has 92 valence electrons. The molecule has 3 aromatic rings. The smallest absolute Gasteiger partial charge is 0.201 e. The second-order valence-electron chi connectivity index (χ2n) is 4.29. The van der Waals surface area contributed by atoms with E-state index in [1.54, 1.807) is 11.3 Å². The standard InChI is InChI=1S/C13H14N4S/c1-9-2-3-10-11(8-9)17(13(14)16-10)6-4-12-15-5-7-18-12/h2-3,5,7-8H,4,6H2,1H3,(H2,14,16). The van der Waals surface area contributed by atoms with Crippen molar-refractivity contribution in [3.05, 3.63) is 40.3 Å². The SMILES string of the molecule is Cc1ccc2nc(N)n(CCc3nccs3)c2c1. The maximum absolute atomic E-state index is 5.98. The Kier molecular flexibility index (Phi) is 2.76. The second-order valence-corrected chi connectivity index (χ2v) is 5.27. The van der Waals surface area contributed by atoms with Gasteiger partial charge in [0.05, 0.1) is 16.0 Å². The van der Waals surface area contributed by atoms with Crippen molar-refractivity contribution < 1.29 is 0 Å². The van der Waals surface area contributed by atoms with E-state index in [4.69, 9.17) is 5.73 Å². The summed E-state index contributed by atoms with van der Waals surface area (Å²) in [6.07, 6.45) is 2.72. The van der Waals surface area contributed by atoms with E-state index in [2.05, 4.69) is 33.6 Å². The van der Waals surface area contributed by atoms with Crippen molar-refractivity contribution >= 4 is 28.3 Å². The Morgan fingerprint density at radius 3 is 3.06 bits per heavy atom. The largest absolute Gasteiger partial charge is 0.369 e. The lowest BCUT2D eigenvalue weighted by Crippen LogP contribution is -2.05. The van der Waals surface area contributed by atoms with E-state index >= 15 is 0 Å². The topological polar surface area (TPSA) is 56.7 Å². The Bertz CT molecular complexity index is 670. The molecule has 0 bridgehead atoms. The molecule has 0 atom stereocenters. The highest BCUT2D eigenvalue weighted by Crippen LogP contribution is 2.20. The number of anilines is 1. The summed E-state index contributed by atoms with van der Waals surface area (Å²) in [7, 11) is 0. The van der Waals surface area contributed by atoms with Gasteiger partial charge >= 0.3 is 0 Å². The number of hydrogen-bond donors (Lipinski definition) is 1. The lowest BCUT2D eigenvalue weighted by molar-refractivity contribution is 0.722. The number of fused-ring (bicyclic) bond motifs is 1. The molecule has 0 fully saturated rings. The van der Waals surface area contributed by atoms with Crippen LogP contribution in [0.5, 0.6) is 0 Å². The van der Waals surface area contributed by atoms with Gasteiger partial charge in [0.1, 0.15) is 0 Å². The number of aromatic nitrogens is 3. The molecule has 0 spiro atoms. The van der Waals surface area contributed by atoms with E-state index in [-0.39, 0.29) is 0 Å². The fourth-order valence-corrected chi connectivity index (χ4v) is 2.68. The van der Waals surface area contributed by atoms with Gasteiger partial charge in [0, 0.05) is 24.5 Å². The molecule has 5 heteroatoms. The number of benzene rings is 1. The van der Waals surface area contributed by atoms with Crippen LogP contribution in [0.2, 0.25) is 0 Å². The van der Waals surface area contributed by atoms with E-state index in [1.807, 2.05) is 17.6 Å². The van der Waals surface area contributed by atoms with Crippen molar-refractivity contribution in [2.45, 2.75) is 19.9 Å². The molecule has 0 unspecified atom stereocenters. The van der Waals surface area contributed by atoms with Crippen molar-refractivity contribution in [3.63, 3.8) is 0 Å². The molecule has 0 aliphatic heterocycles. The summed E-state index contributed by atoms with van der Waals surface area (Å²) in [5.41, 5.74) is 9.25. The molecule has 3 rings (SSSR count). The monoisotopic (exact) mass is 258 g/mol. The molecule has 2 heterocycles. The van der Waals surface area contributed by atoms with Crippen molar-refractivity contribution in [3.8, 4) is 0 Å². The van der Waals surface area contributed by atoms with E-state index in [0.29, 0.717) is 5.95 Å². The average molecular weight is 258 g/mol. The van der Waals surface area contributed by atoms with Crippen LogP contribution in [0.4, 0.5) is 5.95 Å². The zero-order chi connectivity index (χ0) is 12.5. The summed E-state index contributed by atoms with van der Waals surface area (Å²) in [6, 6.07) is 6.20. The molecular weight excluding hydrogens is 244 g/mol. The van der Waals surface area contributed by atoms with Gasteiger partial charge in [-0.3, -0.25) is 0 Å². The van der Waals surface area contributed by atoms with Gasteiger partial charge in [0.25, 0.3) is 0 Å². The third-order valence-corrected chi connectivity index (χ3v) is 3.81. The summed E-state index contributed by atoms with van der Waals surface area (Å²) in [5.74, 6) is 0.576. The van der Waals surface area contributed by atoms with Gasteiger partial charge in [-0.15, -0.1) is 11.3 Å². The van der Waals surface area contributed by atoms with Crippen molar-refractivity contribution in [2.75, 3.05) is 5.73 Å². The number of nitrogens with zero attached hydrogens (tertiary/aromatic N) is 3. The predicted octanol–water partition coefficient (Wildman–Crippen LogP) is 2.63. The summed E-state index contributed by atoms with van der Waals surface area (Å²) in [5, 5.41) is 3.12. The number of nitrogen functional groups attached to an aromatic ring is 1. The number of imidazole rings is 1. The fraction of sp³-hybridized carbons (Fsp3) is 0.231. The Labute approximate surface area is 109 Å². The normalized spacial score (nSPS) is 11.2. The molecule has 0 aliphatic rings. The molecule has 1 aromatic carbocycles. The molecule has 18 heavy (non-hydrogen) atoms. The molecule has 0 aliphatic carbocycles. The minimum Gasteiger partial charge on any atom is -0.369 e. The zero-order valence-electron chi connectivity index (χ0n) is 10.1. The van der Waals surface area contributed by atoms with E-state index in [1.165, 1.54) is 5.56 Å². The highest BCUT2D eigenvalue weighted by molar-refractivity contribution is 7.09. The lowest BCUT2D eigenvalue weighted by atomic mass is 10.2. The van der Waals surface area contributed by atoms with Crippen LogP contribution in [0.1, 0.15) is 10.6 Å². The first-order valence-electron chi connectivity index (χ1n) is 5.85. The van der Waals surface area contributed by atoms with E-state index in [0.717, 1.165) is 29.0 Å². The van der Waals surface area contributed by atoms with Crippen molar-refractivity contribution in [1.29, 1.82) is 0 Å². The second kappa shape index (κ2) is 4.42. The Hall–Kier alpha value is -1.88. The highest BCUT2D eigenvalue weighted by Gasteiger charge is 2.08. The third kappa shape index (κ3) is 1.97. The molecule has 2 N–H and O–H groups in total. The first kappa shape index (κ1) is 11.2. The highest BCUT2D eigenvalue weighted by atomic mass is 32.1. The van der Waals surface area contributed by atoms with Crippen LogP contribution in [0.15, 0.2) is 29.8 Å². The van der Waals surface area contributed by atoms with Crippen LogP contribution < -0.4 is 5.73 Å². The third-order valence-electron chi connectivity index (χ3n) is 2.97. The van der Waals surface area contributed by atoms with Gasteiger partial charge in [0.2, 0.25) is 5.95 Å². The van der Waals surface area contributed by atoms with Gasteiger partial charge in [0.15, 0.2) is 0 Å². The summed E-state index contributed by atoms with van der Waals surface area (Å²) < 4.78 is 2.06. The lowest BCUT2D eigenvalue weighted by Gasteiger charge is -2.05. The maximum atomic E-state index is 5.98. The Morgan fingerprint density at radius 2 is 2.28 bits per heavy atom. The zero-order valence-corrected chi connectivity index (χ0v) is 10.9. The number of aryl methyl sites for hydroxylation is 3. The molecule has 4 nitrogen and oxygen atoms in total. The minimum atomic E-state index is 0.576. The number of thiazole rings is 1. The summed E-state index contributed by atoms with van der Waals surface area (Å²) >= 11 is 1.67. The van der Waals surface area contributed by atoms with Crippen molar-refractivity contribution in [2.24, 2.45) is 0 Å². The molecule has 0 saturated carbocycles. The van der Waals surface area contributed by atoms with Gasteiger partial charge in [-0.2, -0.15) is 0 Å². The van der Waals surface area contributed by atoms with Crippen LogP contribution in [0.25, 0.3) is 11.0 Å². The molecule has 0 amide bonds. The number of nitrogens with two attached hydrogens (primary N) is 1. The van der Waals surface area contributed by atoms with E-state index in [9.17, 15) is 0 Å². The molecular formula is C13H14N4S. The first-order valence-corrected chi connectivity index (χ1v) is 6.73. The first-order chi connectivity index (χ1) is 8.74. The summed E-state index contributed by atoms with van der Waals surface area (Å²) in [4.78, 5) is 8.66. The fourth-order valence-electron chi connectivity index (χ4n) is 2.07. The number of rotatable bonds is 3. The van der Waals surface area contributed by atoms with Crippen LogP contribution >= 0.6 is 11.3 Å². The Morgan fingerprint density at radius 1 is 1.39 bits per heavy atom. The quantitative estimate of drug-likeness (QED) is 0.785.